The number of carbonyl (C=O) groups is 1. The molecule has 0 atom stereocenters. The number of nitrogens with zero attached hydrogens (tertiary/aromatic N) is 1. The minimum Gasteiger partial charge on any atom is -0.365 e. The normalized spacial score (nSPS) is 14.2. The summed E-state index contributed by atoms with van der Waals surface area (Å²) in [5.74, 6) is -0.353. The first-order valence-corrected chi connectivity index (χ1v) is 7.83. The van der Waals surface area contributed by atoms with Crippen molar-refractivity contribution in [1.82, 2.24) is 0 Å². The Morgan fingerprint density at radius 2 is 2.21 bits per heavy atom. The van der Waals surface area contributed by atoms with Crippen LogP contribution >= 0.6 is 22.7 Å². The monoisotopic (exact) mass is 290 g/mol. The summed E-state index contributed by atoms with van der Waals surface area (Å²) in [6, 6.07) is 4.10. The topological polar surface area (TPSA) is 55.4 Å². The van der Waals surface area contributed by atoms with Crippen LogP contribution in [0.3, 0.4) is 0 Å². The molecule has 2 heterocycles. The van der Waals surface area contributed by atoms with E-state index in [4.69, 9.17) is 5.73 Å². The predicted octanol–water partition coefficient (Wildman–Crippen LogP) is 3.46. The Labute approximate surface area is 119 Å². The molecule has 1 aliphatic carbocycles. The predicted molar refractivity (Wildman–Crippen MR) is 81.2 cm³/mol. The molecule has 0 saturated carbocycles. The average Bonchev–Trinajstić information content (AvgIpc) is 3.00. The number of aryl methyl sites for hydroxylation is 2. The van der Waals surface area contributed by atoms with E-state index in [-0.39, 0.29) is 5.91 Å². The largest absolute Gasteiger partial charge is 0.365 e. The Hall–Kier alpha value is -1.46. The molecule has 2 N–H and O–H groups in total. The van der Waals surface area contributed by atoms with E-state index in [0.29, 0.717) is 5.56 Å². The summed E-state index contributed by atoms with van der Waals surface area (Å²) in [7, 11) is 0. The van der Waals surface area contributed by atoms with Gasteiger partial charge in [-0.05, 0) is 43.9 Å². The number of nitrogens with two attached hydrogens (primary N) is 1. The van der Waals surface area contributed by atoms with Gasteiger partial charge in [-0.3, -0.25) is 4.79 Å². The first-order chi connectivity index (χ1) is 9.15. The van der Waals surface area contributed by atoms with Crippen LogP contribution in [-0.2, 0) is 12.8 Å². The summed E-state index contributed by atoms with van der Waals surface area (Å²) in [4.78, 5) is 19.7. The lowest BCUT2D eigenvalue weighted by Crippen LogP contribution is -2.12. The van der Waals surface area contributed by atoms with Crippen LogP contribution in [0, 0.1) is 6.92 Å². The van der Waals surface area contributed by atoms with Gasteiger partial charge in [0.15, 0.2) is 0 Å². The number of aliphatic imine (C=N–C) groups is 1. The van der Waals surface area contributed by atoms with Crippen LogP contribution in [0.15, 0.2) is 17.1 Å². The fraction of sp³-hybridized carbons (Fsp3) is 0.286. The van der Waals surface area contributed by atoms with Crippen LogP contribution in [0.1, 0.15) is 37.0 Å². The molecular weight excluding hydrogens is 276 g/mol. The zero-order chi connectivity index (χ0) is 13.4. The van der Waals surface area contributed by atoms with E-state index in [2.05, 4.69) is 18.0 Å². The summed E-state index contributed by atoms with van der Waals surface area (Å²) in [5.41, 5.74) is 7.27. The van der Waals surface area contributed by atoms with E-state index < -0.39 is 0 Å². The van der Waals surface area contributed by atoms with Crippen LogP contribution in [0.25, 0.3) is 0 Å². The SMILES string of the molecule is Cc1ccc(/C=N/c2sc3c(c2C(N)=O)CCC3)s1. The van der Waals surface area contributed by atoms with Crippen molar-refractivity contribution in [3.05, 3.63) is 37.9 Å². The Morgan fingerprint density at radius 3 is 2.89 bits per heavy atom. The second-order valence-corrected chi connectivity index (χ2v) is 7.01. The zero-order valence-electron chi connectivity index (χ0n) is 10.6. The zero-order valence-corrected chi connectivity index (χ0v) is 12.2. The molecule has 19 heavy (non-hydrogen) atoms. The lowest BCUT2D eigenvalue weighted by molar-refractivity contribution is 0.100. The van der Waals surface area contributed by atoms with Crippen molar-refractivity contribution in [2.75, 3.05) is 0 Å². The van der Waals surface area contributed by atoms with Crippen LogP contribution in [0.4, 0.5) is 5.00 Å². The minimum atomic E-state index is -0.353. The molecule has 0 aliphatic heterocycles. The smallest absolute Gasteiger partial charge is 0.252 e. The van der Waals surface area contributed by atoms with Gasteiger partial charge in [-0.25, -0.2) is 4.99 Å². The van der Waals surface area contributed by atoms with Gasteiger partial charge >= 0.3 is 0 Å². The molecule has 5 heteroatoms. The number of carbonyl (C=O) groups excluding carboxylic acids is 1. The molecule has 1 amide bonds. The van der Waals surface area contributed by atoms with Crippen molar-refractivity contribution in [3.63, 3.8) is 0 Å². The third-order valence-electron chi connectivity index (χ3n) is 3.22. The summed E-state index contributed by atoms with van der Waals surface area (Å²) >= 11 is 3.30. The average molecular weight is 290 g/mol. The molecule has 0 fully saturated rings. The van der Waals surface area contributed by atoms with Gasteiger partial charge in [0.05, 0.1) is 5.56 Å². The fourth-order valence-corrected chi connectivity index (χ4v) is 4.37. The molecular formula is C14H14N2OS2. The lowest BCUT2D eigenvalue weighted by atomic mass is 10.1. The maximum absolute atomic E-state index is 11.6. The van der Waals surface area contributed by atoms with Crippen molar-refractivity contribution in [2.24, 2.45) is 10.7 Å². The summed E-state index contributed by atoms with van der Waals surface area (Å²) < 4.78 is 0. The van der Waals surface area contributed by atoms with Gasteiger partial charge in [-0.1, -0.05) is 0 Å². The van der Waals surface area contributed by atoms with Crippen LogP contribution < -0.4 is 5.73 Å². The molecule has 0 spiro atoms. The Balaban J connectivity index is 1.97. The standard InChI is InChI=1S/C14H14N2OS2/c1-8-5-6-9(18-8)7-16-14-12(13(15)17)10-3-2-4-11(10)19-14/h5-7H,2-4H2,1H3,(H2,15,17)/b16-7+. The molecule has 0 aromatic carbocycles. The summed E-state index contributed by atoms with van der Waals surface area (Å²) in [5, 5.41) is 0.767. The Kier molecular flexibility index (Phi) is 3.24. The fourth-order valence-electron chi connectivity index (χ4n) is 2.38. The highest BCUT2D eigenvalue weighted by molar-refractivity contribution is 7.16. The van der Waals surface area contributed by atoms with Gasteiger partial charge in [0, 0.05) is 20.8 Å². The number of rotatable bonds is 3. The number of fused-ring (bicyclic) bond motifs is 1. The van der Waals surface area contributed by atoms with E-state index in [1.165, 1.54) is 9.75 Å². The molecule has 98 valence electrons. The number of primary amides is 1. The van der Waals surface area contributed by atoms with Gasteiger partial charge in [0.1, 0.15) is 5.00 Å². The van der Waals surface area contributed by atoms with Gasteiger partial charge in [-0.2, -0.15) is 0 Å². The maximum Gasteiger partial charge on any atom is 0.252 e. The van der Waals surface area contributed by atoms with Crippen molar-refractivity contribution >= 4 is 39.8 Å². The first-order valence-electron chi connectivity index (χ1n) is 6.20. The van der Waals surface area contributed by atoms with E-state index >= 15 is 0 Å². The van der Waals surface area contributed by atoms with E-state index in [1.54, 1.807) is 22.7 Å². The molecule has 0 saturated heterocycles. The van der Waals surface area contributed by atoms with Crippen LogP contribution in [0.5, 0.6) is 0 Å². The number of thiophene rings is 2. The van der Waals surface area contributed by atoms with Crippen molar-refractivity contribution in [3.8, 4) is 0 Å². The van der Waals surface area contributed by atoms with Crippen LogP contribution in [-0.4, -0.2) is 12.1 Å². The second-order valence-electron chi connectivity index (χ2n) is 4.61. The van der Waals surface area contributed by atoms with Crippen molar-refractivity contribution in [2.45, 2.75) is 26.2 Å². The molecule has 0 radical (unpaired) electrons. The second kappa shape index (κ2) is 4.90. The first kappa shape index (κ1) is 12.6. The van der Waals surface area contributed by atoms with Crippen LogP contribution in [0.2, 0.25) is 0 Å². The van der Waals surface area contributed by atoms with E-state index in [0.717, 1.165) is 34.7 Å². The number of hydrogen-bond acceptors (Lipinski definition) is 4. The van der Waals surface area contributed by atoms with Gasteiger partial charge in [0.2, 0.25) is 0 Å². The lowest BCUT2D eigenvalue weighted by Gasteiger charge is -1.97. The molecule has 3 nitrogen and oxygen atoms in total. The third-order valence-corrected chi connectivity index (χ3v) is 5.35. The summed E-state index contributed by atoms with van der Waals surface area (Å²) in [6.07, 6.45) is 4.95. The molecule has 3 rings (SSSR count). The van der Waals surface area contributed by atoms with Gasteiger partial charge < -0.3 is 5.73 Å². The maximum atomic E-state index is 11.6. The van der Waals surface area contributed by atoms with Crippen molar-refractivity contribution < 1.29 is 4.79 Å². The quantitative estimate of drug-likeness (QED) is 0.865. The van der Waals surface area contributed by atoms with E-state index in [9.17, 15) is 4.79 Å². The Bertz CT molecular complexity index is 667. The molecule has 0 bridgehead atoms. The Morgan fingerprint density at radius 1 is 1.37 bits per heavy atom. The minimum absolute atomic E-state index is 0.353. The highest BCUT2D eigenvalue weighted by atomic mass is 32.1. The highest BCUT2D eigenvalue weighted by Crippen LogP contribution is 2.40. The number of hydrogen-bond donors (Lipinski definition) is 1. The molecule has 1 aliphatic rings. The summed E-state index contributed by atoms with van der Waals surface area (Å²) in [6.45, 7) is 2.07. The van der Waals surface area contributed by atoms with Crippen molar-refractivity contribution in [1.29, 1.82) is 0 Å². The molecule has 2 aromatic rings. The van der Waals surface area contributed by atoms with Gasteiger partial charge in [0.25, 0.3) is 5.91 Å². The highest BCUT2D eigenvalue weighted by Gasteiger charge is 2.24. The third kappa shape index (κ3) is 2.35. The molecule has 2 aromatic heterocycles. The number of amides is 1. The van der Waals surface area contributed by atoms with E-state index in [1.807, 2.05) is 12.3 Å². The van der Waals surface area contributed by atoms with Gasteiger partial charge in [-0.15, -0.1) is 22.7 Å². The molecule has 0 unspecified atom stereocenters.